The molecular formula is C26H44F2O6. The lowest BCUT2D eigenvalue weighted by Gasteiger charge is -2.31. The van der Waals surface area contributed by atoms with Gasteiger partial charge in [0.2, 0.25) is 0 Å². The number of rotatable bonds is 15. The molecular weight excluding hydrogens is 446 g/mol. The number of hydrogen-bond donors (Lipinski definition) is 3. The Morgan fingerprint density at radius 1 is 1.21 bits per heavy atom. The van der Waals surface area contributed by atoms with Crippen molar-refractivity contribution >= 4 is 5.97 Å². The minimum absolute atomic E-state index is 0.0489. The molecule has 1 aliphatic carbocycles. The molecule has 0 aromatic rings. The van der Waals surface area contributed by atoms with Crippen molar-refractivity contribution < 1.29 is 38.4 Å². The number of alkyl halides is 2. The predicted molar refractivity (Wildman–Crippen MR) is 126 cm³/mol. The second-order valence-electron chi connectivity index (χ2n) is 10.4. The van der Waals surface area contributed by atoms with Gasteiger partial charge in [-0.05, 0) is 75.5 Å². The number of aliphatic hydroxyl groups is 2. The highest BCUT2D eigenvalue weighted by atomic mass is 19.3. The van der Waals surface area contributed by atoms with Crippen LogP contribution in [0.1, 0.15) is 90.9 Å². The third-order valence-corrected chi connectivity index (χ3v) is 7.11. The smallest absolute Gasteiger partial charge is 0.303 e. The molecule has 34 heavy (non-hydrogen) atoms. The van der Waals surface area contributed by atoms with Crippen LogP contribution in [-0.4, -0.2) is 58.4 Å². The van der Waals surface area contributed by atoms with Gasteiger partial charge in [-0.25, -0.2) is 8.78 Å². The van der Waals surface area contributed by atoms with Crippen molar-refractivity contribution in [2.45, 2.75) is 121 Å². The molecule has 2 unspecified atom stereocenters. The summed E-state index contributed by atoms with van der Waals surface area (Å²) >= 11 is 0. The van der Waals surface area contributed by atoms with E-state index in [4.69, 9.17) is 14.6 Å². The average Bonchev–Trinajstić information content (AvgIpc) is 3.07. The van der Waals surface area contributed by atoms with Crippen molar-refractivity contribution in [3.63, 3.8) is 0 Å². The number of halogens is 2. The van der Waals surface area contributed by atoms with Gasteiger partial charge < -0.3 is 24.8 Å². The maximum absolute atomic E-state index is 14.5. The van der Waals surface area contributed by atoms with E-state index in [1.807, 2.05) is 26.0 Å². The first-order chi connectivity index (χ1) is 16.1. The van der Waals surface area contributed by atoms with E-state index in [0.29, 0.717) is 45.1 Å². The van der Waals surface area contributed by atoms with Gasteiger partial charge in [0, 0.05) is 25.9 Å². The molecule has 6 nitrogen and oxygen atoms in total. The SMILES string of the molecule is CC(C)CCC(F)(F)C(O)CC[C@@H]1[C@@H](CC=CCCCC(=O)O)[C@@H](O)C[C@H]1OC1CCCCO1. The lowest BCUT2D eigenvalue weighted by molar-refractivity contribution is -0.197. The summed E-state index contributed by atoms with van der Waals surface area (Å²) in [5.41, 5.74) is 0. The van der Waals surface area contributed by atoms with Crippen LogP contribution in [0.15, 0.2) is 12.2 Å². The zero-order valence-electron chi connectivity index (χ0n) is 20.7. The molecule has 2 aliphatic rings. The maximum Gasteiger partial charge on any atom is 0.303 e. The van der Waals surface area contributed by atoms with Gasteiger partial charge in [0.1, 0.15) is 6.10 Å². The molecule has 0 bridgehead atoms. The highest BCUT2D eigenvalue weighted by Crippen LogP contribution is 2.42. The van der Waals surface area contributed by atoms with E-state index in [2.05, 4.69) is 0 Å². The number of carboxylic acid groups (broad SMARTS) is 1. The van der Waals surface area contributed by atoms with Gasteiger partial charge >= 0.3 is 5.97 Å². The van der Waals surface area contributed by atoms with Crippen molar-refractivity contribution in [2.24, 2.45) is 17.8 Å². The topological polar surface area (TPSA) is 96.2 Å². The molecule has 1 saturated carbocycles. The fourth-order valence-corrected chi connectivity index (χ4v) is 5.00. The van der Waals surface area contributed by atoms with Gasteiger partial charge in [0.15, 0.2) is 6.29 Å². The third kappa shape index (κ3) is 9.88. The van der Waals surface area contributed by atoms with Crippen LogP contribution < -0.4 is 0 Å². The summed E-state index contributed by atoms with van der Waals surface area (Å²) in [6.45, 7) is 4.41. The Morgan fingerprint density at radius 2 is 1.97 bits per heavy atom. The van der Waals surface area contributed by atoms with Gasteiger partial charge in [0.05, 0.1) is 12.2 Å². The number of carboxylic acids is 1. The Hall–Kier alpha value is -1.09. The Kier molecular flexibility index (Phi) is 12.4. The van der Waals surface area contributed by atoms with Crippen LogP contribution in [0.25, 0.3) is 0 Å². The zero-order chi connectivity index (χ0) is 25.1. The van der Waals surface area contributed by atoms with Gasteiger partial charge in [-0.2, -0.15) is 0 Å². The summed E-state index contributed by atoms with van der Waals surface area (Å²) < 4.78 is 40.8. The Bertz CT molecular complexity index is 620. The van der Waals surface area contributed by atoms with Crippen LogP contribution in [-0.2, 0) is 14.3 Å². The van der Waals surface area contributed by atoms with Crippen LogP contribution in [0.4, 0.5) is 8.78 Å². The van der Waals surface area contributed by atoms with Gasteiger partial charge in [-0.15, -0.1) is 0 Å². The molecule has 2 rings (SSSR count). The van der Waals surface area contributed by atoms with E-state index in [0.717, 1.165) is 19.3 Å². The quantitative estimate of drug-likeness (QED) is 0.213. The van der Waals surface area contributed by atoms with Gasteiger partial charge in [-0.1, -0.05) is 26.0 Å². The molecule has 2 fully saturated rings. The van der Waals surface area contributed by atoms with Crippen molar-refractivity contribution in [2.75, 3.05) is 6.61 Å². The van der Waals surface area contributed by atoms with Crippen molar-refractivity contribution in [3.8, 4) is 0 Å². The molecule has 0 aromatic heterocycles. The van der Waals surface area contributed by atoms with Gasteiger partial charge in [0.25, 0.3) is 5.92 Å². The van der Waals surface area contributed by atoms with Crippen LogP contribution in [0.5, 0.6) is 0 Å². The molecule has 198 valence electrons. The van der Waals surface area contributed by atoms with Crippen molar-refractivity contribution in [3.05, 3.63) is 12.2 Å². The van der Waals surface area contributed by atoms with Crippen LogP contribution in [0, 0.1) is 17.8 Å². The van der Waals surface area contributed by atoms with Crippen molar-refractivity contribution in [1.29, 1.82) is 0 Å². The number of allylic oxidation sites excluding steroid dienone is 2. The summed E-state index contributed by atoms with van der Waals surface area (Å²) in [5.74, 6) is -4.15. The number of carbonyl (C=O) groups is 1. The average molecular weight is 491 g/mol. The summed E-state index contributed by atoms with van der Waals surface area (Å²) in [7, 11) is 0. The second-order valence-corrected chi connectivity index (χ2v) is 10.4. The first-order valence-electron chi connectivity index (χ1n) is 13.0. The molecule has 1 heterocycles. The number of ether oxygens (including phenoxy) is 2. The molecule has 3 N–H and O–H groups in total. The number of aliphatic hydroxyl groups excluding tert-OH is 2. The molecule has 0 amide bonds. The summed E-state index contributed by atoms with van der Waals surface area (Å²) in [5, 5.41) is 29.8. The zero-order valence-corrected chi connectivity index (χ0v) is 20.7. The minimum atomic E-state index is -3.14. The summed E-state index contributed by atoms with van der Waals surface area (Å²) in [4.78, 5) is 10.6. The van der Waals surface area contributed by atoms with E-state index in [1.165, 1.54) is 0 Å². The maximum atomic E-state index is 14.5. The lowest BCUT2D eigenvalue weighted by atomic mass is 9.85. The number of hydrogen-bond acceptors (Lipinski definition) is 5. The first kappa shape index (κ1) is 29.1. The van der Waals surface area contributed by atoms with E-state index >= 15 is 0 Å². The standard InChI is InChI=1S/C26H44F2O6/c1-18(2)14-15-26(27,28)23(30)13-12-20-19(9-5-3-4-6-10-24(31)32)21(29)17-22(20)34-25-11-7-8-16-33-25/h3,5,18-23,25,29-30H,4,6-17H2,1-2H3,(H,31,32)/t19-,20-,21+,22-,23?,25?/m1/s1. The Balaban J connectivity index is 1.99. The fraction of sp³-hybridized carbons (Fsp3) is 0.885. The largest absolute Gasteiger partial charge is 0.481 e. The van der Waals surface area contributed by atoms with E-state index in [1.54, 1.807) is 0 Å². The first-order valence-corrected chi connectivity index (χ1v) is 13.0. The highest BCUT2D eigenvalue weighted by molar-refractivity contribution is 5.66. The Labute approximate surface area is 202 Å². The molecule has 0 aromatic carbocycles. The van der Waals surface area contributed by atoms with Gasteiger partial charge in [-0.3, -0.25) is 4.79 Å². The highest BCUT2D eigenvalue weighted by Gasteiger charge is 2.45. The number of unbranched alkanes of at least 4 members (excludes halogenated alkanes) is 1. The molecule has 1 saturated heterocycles. The fourth-order valence-electron chi connectivity index (χ4n) is 5.00. The third-order valence-electron chi connectivity index (χ3n) is 7.11. The van der Waals surface area contributed by atoms with Crippen LogP contribution in [0.2, 0.25) is 0 Å². The summed E-state index contributed by atoms with van der Waals surface area (Å²) in [6.07, 6.45) is 6.23. The summed E-state index contributed by atoms with van der Waals surface area (Å²) in [6, 6.07) is 0. The molecule has 1 aliphatic heterocycles. The monoisotopic (exact) mass is 490 g/mol. The second kappa shape index (κ2) is 14.5. The lowest BCUT2D eigenvalue weighted by Crippen LogP contribution is -2.36. The van der Waals surface area contributed by atoms with E-state index in [-0.39, 0.29) is 49.4 Å². The molecule has 0 spiro atoms. The molecule has 8 heteroatoms. The van der Waals surface area contributed by atoms with E-state index in [9.17, 15) is 23.8 Å². The van der Waals surface area contributed by atoms with E-state index < -0.39 is 24.1 Å². The van der Waals surface area contributed by atoms with Crippen LogP contribution >= 0.6 is 0 Å². The van der Waals surface area contributed by atoms with Crippen molar-refractivity contribution in [1.82, 2.24) is 0 Å². The van der Waals surface area contributed by atoms with Crippen LogP contribution in [0.3, 0.4) is 0 Å². The minimum Gasteiger partial charge on any atom is -0.481 e. The molecule has 6 atom stereocenters. The number of aliphatic carboxylic acids is 1. The molecule has 0 radical (unpaired) electrons. The predicted octanol–water partition coefficient (Wildman–Crippen LogP) is 5.31. The Morgan fingerprint density at radius 3 is 2.62 bits per heavy atom. The normalized spacial score (nSPS) is 29.2.